The van der Waals surface area contributed by atoms with Gasteiger partial charge in [-0.3, -0.25) is 4.79 Å². The third kappa shape index (κ3) is 2.15. The third-order valence-electron chi connectivity index (χ3n) is 1.36. The van der Waals surface area contributed by atoms with Gasteiger partial charge < -0.3 is 0 Å². The molecular formula is C6H3Cl3N4O. The van der Waals surface area contributed by atoms with Gasteiger partial charge in [0.05, 0.1) is 6.07 Å². The van der Waals surface area contributed by atoms with Crippen LogP contribution in [0.3, 0.4) is 0 Å². The van der Waals surface area contributed by atoms with Crippen LogP contribution in [0.15, 0.2) is 0 Å². The zero-order valence-electron chi connectivity index (χ0n) is 6.62. The van der Waals surface area contributed by atoms with E-state index in [1.165, 1.54) is 0 Å². The summed E-state index contributed by atoms with van der Waals surface area (Å²) in [6.45, 7) is -0.135. The number of nitrogens with zero attached hydrogens (tertiary/aromatic N) is 4. The SMILES string of the molecule is N#CCn1nnc(C=O)c1C(Cl)(Cl)Cl. The summed E-state index contributed by atoms with van der Waals surface area (Å²) >= 11 is 16.8. The fourth-order valence-electron chi connectivity index (χ4n) is 0.875. The maximum absolute atomic E-state index is 10.5. The van der Waals surface area contributed by atoms with Crippen LogP contribution in [-0.4, -0.2) is 21.3 Å². The van der Waals surface area contributed by atoms with Gasteiger partial charge in [0.25, 0.3) is 0 Å². The van der Waals surface area contributed by atoms with E-state index in [2.05, 4.69) is 10.3 Å². The lowest BCUT2D eigenvalue weighted by molar-refractivity contribution is 0.111. The second-order valence-electron chi connectivity index (χ2n) is 2.25. The first-order valence-corrected chi connectivity index (χ1v) is 4.47. The Kier molecular flexibility index (Phi) is 3.32. The molecule has 0 bridgehead atoms. The van der Waals surface area contributed by atoms with Gasteiger partial charge in [-0.15, -0.1) is 5.10 Å². The summed E-state index contributed by atoms with van der Waals surface area (Å²) in [6.07, 6.45) is 0.415. The predicted octanol–water partition coefficient (Wildman–Crippen LogP) is 1.44. The summed E-state index contributed by atoms with van der Waals surface area (Å²) in [5.41, 5.74) is -0.0840. The fraction of sp³-hybridized carbons (Fsp3) is 0.333. The lowest BCUT2D eigenvalue weighted by Gasteiger charge is -2.11. The Labute approximate surface area is 94.2 Å². The van der Waals surface area contributed by atoms with Crippen molar-refractivity contribution in [1.82, 2.24) is 15.0 Å². The van der Waals surface area contributed by atoms with Crippen molar-refractivity contribution in [3.8, 4) is 6.07 Å². The molecule has 1 aromatic heterocycles. The second kappa shape index (κ2) is 4.13. The number of nitriles is 1. The van der Waals surface area contributed by atoms with Crippen molar-refractivity contribution in [2.75, 3.05) is 0 Å². The van der Waals surface area contributed by atoms with Crippen LogP contribution in [0, 0.1) is 11.3 Å². The van der Waals surface area contributed by atoms with E-state index in [4.69, 9.17) is 40.1 Å². The Morgan fingerprint density at radius 1 is 1.57 bits per heavy atom. The van der Waals surface area contributed by atoms with Crippen LogP contribution in [0.5, 0.6) is 0 Å². The van der Waals surface area contributed by atoms with Crippen molar-refractivity contribution >= 4 is 41.1 Å². The minimum absolute atomic E-state index is 0.000880. The van der Waals surface area contributed by atoms with Crippen LogP contribution < -0.4 is 0 Å². The van der Waals surface area contributed by atoms with Gasteiger partial charge in [-0.25, -0.2) is 4.68 Å². The average Bonchev–Trinajstić information content (AvgIpc) is 2.47. The molecule has 0 aliphatic carbocycles. The van der Waals surface area contributed by atoms with E-state index in [0.717, 1.165) is 4.68 Å². The third-order valence-corrected chi connectivity index (χ3v) is 1.90. The summed E-state index contributed by atoms with van der Waals surface area (Å²) in [7, 11) is 0. The number of aromatic nitrogens is 3. The van der Waals surface area contributed by atoms with Crippen molar-refractivity contribution in [3.05, 3.63) is 11.4 Å². The molecule has 0 radical (unpaired) electrons. The van der Waals surface area contributed by atoms with Crippen LogP contribution in [0.2, 0.25) is 0 Å². The first kappa shape index (κ1) is 11.2. The lowest BCUT2D eigenvalue weighted by atomic mass is 10.3. The Balaban J connectivity index is 3.28. The van der Waals surface area contributed by atoms with Crippen LogP contribution in [0.1, 0.15) is 16.2 Å². The number of carbonyl (C=O) groups excluding carboxylic acids is 1. The Hall–Kier alpha value is -0.830. The number of alkyl halides is 3. The molecule has 0 aromatic carbocycles. The van der Waals surface area contributed by atoms with Gasteiger partial charge in [0, 0.05) is 0 Å². The van der Waals surface area contributed by atoms with Gasteiger partial charge in [-0.2, -0.15) is 5.26 Å². The minimum atomic E-state index is -1.82. The summed E-state index contributed by atoms with van der Waals surface area (Å²) in [5, 5.41) is 15.4. The van der Waals surface area contributed by atoms with Crippen LogP contribution in [0.4, 0.5) is 0 Å². The van der Waals surface area contributed by atoms with E-state index in [9.17, 15) is 4.79 Å². The van der Waals surface area contributed by atoms with Gasteiger partial charge in [-0.05, 0) is 0 Å². The first-order chi connectivity index (χ1) is 6.50. The molecule has 0 fully saturated rings. The second-order valence-corrected chi connectivity index (χ2v) is 4.54. The molecule has 0 amide bonds. The van der Waals surface area contributed by atoms with E-state index in [-0.39, 0.29) is 17.9 Å². The number of rotatable bonds is 2. The molecule has 8 heteroatoms. The lowest BCUT2D eigenvalue weighted by Crippen LogP contribution is -2.13. The maximum Gasteiger partial charge on any atom is 0.234 e. The van der Waals surface area contributed by atoms with Crippen molar-refractivity contribution in [2.24, 2.45) is 0 Å². The van der Waals surface area contributed by atoms with E-state index >= 15 is 0 Å². The normalized spacial score (nSPS) is 11.0. The molecule has 1 heterocycles. The molecule has 0 atom stereocenters. The Morgan fingerprint density at radius 3 is 2.64 bits per heavy atom. The number of hydrogen-bond acceptors (Lipinski definition) is 4. The molecule has 14 heavy (non-hydrogen) atoms. The van der Waals surface area contributed by atoms with Crippen molar-refractivity contribution in [3.63, 3.8) is 0 Å². The molecule has 0 spiro atoms. The van der Waals surface area contributed by atoms with Crippen molar-refractivity contribution in [1.29, 1.82) is 5.26 Å². The molecule has 0 unspecified atom stereocenters. The Bertz CT molecular complexity index is 389. The largest absolute Gasteiger partial charge is 0.296 e. The highest BCUT2D eigenvalue weighted by molar-refractivity contribution is 6.66. The zero-order chi connectivity index (χ0) is 10.8. The molecule has 0 N–H and O–H groups in total. The van der Waals surface area contributed by atoms with E-state index in [1.54, 1.807) is 6.07 Å². The van der Waals surface area contributed by atoms with Gasteiger partial charge in [0.2, 0.25) is 3.79 Å². The van der Waals surface area contributed by atoms with E-state index in [0.29, 0.717) is 6.29 Å². The smallest absolute Gasteiger partial charge is 0.234 e. The molecular weight excluding hydrogens is 250 g/mol. The minimum Gasteiger partial charge on any atom is -0.296 e. The van der Waals surface area contributed by atoms with Crippen molar-refractivity contribution in [2.45, 2.75) is 10.3 Å². The standard InChI is InChI=1S/C6H3Cl3N4O/c7-6(8,9)5-4(3-14)11-12-13(5)2-1-10/h3H,2H2. The van der Waals surface area contributed by atoms with E-state index in [1.807, 2.05) is 0 Å². The highest BCUT2D eigenvalue weighted by atomic mass is 35.6. The molecule has 1 aromatic rings. The average molecular weight is 253 g/mol. The summed E-state index contributed by atoms with van der Waals surface area (Å²) < 4.78 is -0.757. The molecule has 74 valence electrons. The monoisotopic (exact) mass is 252 g/mol. The summed E-state index contributed by atoms with van der Waals surface area (Å²) in [4.78, 5) is 10.5. The van der Waals surface area contributed by atoms with Crippen LogP contribution in [0.25, 0.3) is 0 Å². The quantitative estimate of drug-likeness (QED) is 0.590. The highest BCUT2D eigenvalue weighted by Crippen LogP contribution is 2.38. The number of hydrogen-bond donors (Lipinski definition) is 0. The van der Waals surface area contributed by atoms with Crippen molar-refractivity contribution < 1.29 is 4.79 Å². The molecule has 0 saturated heterocycles. The maximum atomic E-state index is 10.5. The van der Waals surface area contributed by atoms with Gasteiger partial charge >= 0.3 is 0 Å². The van der Waals surface area contributed by atoms with Gasteiger partial charge in [0.1, 0.15) is 12.2 Å². The Morgan fingerprint density at radius 2 is 2.21 bits per heavy atom. The molecule has 0 aliphatic heterocycles. The fourth-order valence-corrected chi connectivity index (χ4v) is 1.46. The predicted molar refractivity (Wildman–Crippen MR) is 50.3 cm³/mol. The summed E-state index contributed by atoms with van der Waals surface area (Å²) in [6, 6.07) is 1.80. The van der Waals surface area contributed by atoms with E-state index < -0.39 is 3.79 Å². The number of halogens is 3. The van der Waals surface area contributed by atoms with Crippen LogP contribution in [-0.2, 0) is 10.3 Å². The zero-order valence-corrected chi connectivity index (χ0v) is 8.88. The first-order valence-electron chi connectivity index (χ1n) is 3.33. The summed E-state index contributed by atoms with van der Waals surface area (Å²) in [5.74, 6) is 0. The molecule has 0 saturated carbocycles. The topological polar surface area (TPSA) is 71.6 Å². The molecule has 0 aliphatic rings. The highest BCUT2D eigenvalue weighted by Gasteiger charge is 2.32. The van der Waals surface area contributed by atoms with Gasteiger partial charge in [0.15, 0.2) is 12.0 Å². The van der Waals surface area contributed by atoms with Gasteiger partial charge in [-0.1, -0.05) is 40.0 Å². The number of aldehydes is 1. The van der Waals surface area contributed by atoms with Crippen LogP contribution >= 0.6 is 34.8 Å². The number of carbonyl (C=O) groups is 1. The molecule has 5 nitrogen and oxygen atoms in total. The molecule has 1 rings (SSSR count).